The number of hydrogen-bond donors (Lipinski definition) is 4. The standard InChI is InChI=1S/C24H19FN4O4.C2HF3O2/c1-33-23(31)28-22-26-19-11-10-15(12-20(19)27-22)24(32)17-8-4-3-7-16(17)21(30)29(24)13-14-6-2-5-9-18(14)25;3-2(4,5)1(6)7/h2-12,32H,13H2,1H3,(H2,26,27,28,31);(H,6,7). The van der Waals surface area contributed by atoms with Gasteiger partial charge in [-0.3, -0.25) is 15.0 Å². The zero-order valence-corrected chi connectivity index (χ0v) is 20.5. The topological polar surface area (TPSA) is 145 Å². The van der Waals surface area contributed by atoms with Gasteiger partial charge in [-0.15, -0.1) is 0 Å². The number of nitrogens with one attached hydrogen (secondary N) is 2. The number of hydrogen-bond acceptors (Lipinski definition) is 6. The SMILES string of the molecule is COC(=O)Nc1nc2ccc(C3(O)c4ccccc4C(=O)N3Cc3ccccc3F)cc2[nH]1.O=C(O)C(F)(F)F. The van der Waals surface area contributed by atoms with Crippen LogP contribution in [0.15, 0.2) is 66.7 Å². The maximum Gasteiger partial charge on any atom is 0.490 e. The van der Waals surface area contributed by atoms with Crippen molar-refractivity contribution < 1.29 is 46.9 Å². The zero-order chi connectivity index (χ0) is 29.2. The lowest BCUT2D eigenvalue weighted by Gasteiger charge is -2.35. The van der Waals surface area contributed by atoms with Crippen molar-refractivity contribution in [2.24, 2.45) is 0 Å². The molecule has 0 aliphatic carbocycles. The van der Waals surface area contributed by atoms with Crippen LogP contribution in [0.2, 0.25) is 0 Å². The van der Waals surface area contributed by atoms with E-state index in [0.29, 0.717) is 27.7 Å². The predicted octanol–water partition coefficient (Wildman–Crippen LogP) is 4.36. The molecule has 1 atom stereocenters. The summed E-state index contributed by atoms with van der Waals surface area (Å²) in [5, 5.41) is 21.6. The van der Waals surface area contributed by atoms with Gasteiger partial charge < -0.3 is 19.9 Å². The first-order valence-corrected chi connectivity index (χ1v) is 11.4. The Morgan fingerprint density at radius 1 is 1.10 bits per heavy atom. The number of carbonyl (C=O) groups excluding carboxylic acids is 2. The minimum atomic E-state index is -5.08. The number of halogens is 4. The Labute approximate surface area is 222 Å². The monoisotopic (exact) mass is 560 g/mol. The third kappa shape index (κ3) is 5.29. The summed E-state index contributed by atoms with van der Waals surface area (Å²) in [4.78, 5) is 42.1. The third-order valence-electron chi connectivity index (χ3n) is 5.99. The molecule has 2 heterocycles. The number of aliphatic hydroxyl groups is 1. The summed E-state index contributed by atoms with van der Waals surface area (Å²) in [7, 11) is 1.24. The molecule has 1 aliphatic heterocycles. The van der Waals surface area contributed by atoms with Gasteiger partial charge in [0.25, 0.3) is 5.91 Å². The maximum absolute atomic E-state index is 14.4. The van der Waals surface area contributed by atoms with E-state index in [1.807, 2.05) is 0 Å². The molecule has 4 N–H and O–H groups in total. The van der Waals surface area contributed by atoms with Gasteiger partial charge in [0.15, 0.2) is 5.72 Å². The number of ether oxygens (including phenoxy) is 1. The van der Waals surface area contributed by atoms with E-state index >= 15 is 0 Å². The van der Waals surface area contributed by atoms with Crippen LogP contribution in [0.1, 0.15) is 27.0 Å². The molecule has 208 valence electrons. The van der Waals surface area contributed by atoms with Crippen molar-refractivity contribution in [3.8, 4) is 0 Å². The fraction of sp³-hybridized carbons (Fsp3) is 0.154. The van der Waals surface area contributed by atoms with Crippen LogP contribution < -0.4 is 5.32 Å². The Kier molecular flexibility index (Phi) is 7.46. The number of nitrogens with zero attached hydrogens (tertiary/aromatic N) is 2. The van der Waals surface area contributed by atoms with Crippen molar-refractivity contribution in [2.75, 3.05) is 12.4 Å². The van der Waals surface area contributed by atoms with E-state index in [-0.39, 0.29) is 18.1 Å². The number of methoxy groups -OCH3 is 1. The van der Waals surface area contributed by atoms with Crippen LogP contribution in [-0.4, -0.2) is 56.3 Å². The van der Waals surface area contributed by atoms with Crippen LogP contribution in [-0.2, 0) is 21.8 Å². The molecule has 1 unspecified atom stereocenters. The Morgan fingerprint density at radius 3 is 2.40 bits per heavy atom. The van der Waals surface area contributed by atoms with E-state index in [1.54, 1.807) is 60.7 Å². The number of alkyl halides is 3. The first-order valence-electron chi connectivity index (χ1n) is 11.4. The number of fused-ring (bicyclic) bond motifs is 2. The van der Waals surface area contributed by atoms with Gasteiger partial charge in [0.1, 0.15) is 5.82 Å². The number of anilines is 1. The number of amides is 2. The van der Waals surface area contributed by atoms with Crippen LogP contribution in [0.4, 0.5) is 28.3 Å². The molecule has 0 radical (unpaired) electrons. The zero-order valence-electron chi connectivity index (χ0n) is 20.5. The summed E-state index contributed by atoms with van der Waals surface area (Å²) in [6, 6.07) is 17.9. The average Bonchev–Trinajstić information content (AvgIpc) is 3.41. The molecule has 5 rings (SSSR count). The summed E-state index contributed by atoms with van der Waals surface area (Å²) in [5.41, 5.74) is 0.627. The van der Waals surface area contributed by atoms with E-state index in [9.17, 15) is 32.3 Å². The lowest BCUT2D eigenvalue weighted by atomic mass is 9.93. The van der Waals surface area contributed by atoms with Crippen molar-refractivity contribution in [1.82, 2.24) is 14.9 Å². The Morgan fingerprint density at radius 2 is 1.75 bits per heavy atom. The molecule has 10 nitrogen and oxygen atoms in total. The molecule has 0 saturated heterocycles. The van der Waals surface area contributed by atoms with E-state index < -0.39 is 35.7 Å². The Balaban J connectivity index is 0.000000470. The molecule has 14 heteroatoms. The van der Waals surface area contributed by atoms with Crippen LogP contribution in [0.3, 0.4) is 0 Å². The number of rotatable bonds is 4. The summed E-state index contributed by atoms with van der Waals surface area (Å²) in [6.45, 7) is -0.132. The van der Waals surface area contributed by atoms with Gasteiger partial charge in [-0.25, -0.2) is 19.0 Å². The van der Waals surface area contributed by atoms with Gasteiger partial charge in [0, 0.05) is 22.3 Å². The van der Waals surface area contributed by atoms with Crippen LogP contribution in [0.5, 0.6) is 0 Å². The highest BCUT2D eigenvalue weighted by Crippen LogP contribution is 2.43. The molecular formula is C26H20F4N4O6. The van der Waals surface area contributed by atoms with E-state index in [4.69, 9.17) is 9.90 Å². The van der Waals surface area contributed by atoms with Gasteiger partial charge >= 0.3 is 18.2 Å². The minimum Gasteiger partial charge on any atom is -0.475 e. The van der Waals surface area contributed by atoms with E-state index in [1.165, 1.54) is 18.1 Å². The van der Waals surface area contributed by atoms with Gasteiger partial charge in [-0.1, -0.05) is 42.5 Å². The molecular weight excluding hydrogens is 540 g/mol. The van der Waals surface area contributed by atoms with Crippen molar-refractivity contribution in [2.45, 2.75) is 18.4 Å². The molecule has 0 bridgehead atoms. The summed E-state index contributed by atoms with van der Waals surface area (Å²) < 4.78 is 50.7. The Hall–Kier alpha value is -4.98. The minimum absolute atomic E-state index is 0.132. The summed E-state index contributed by atoms with van der Waals surface area (Å²) in [6.07, 6.45) is -5.76. The Bertz CT molecular complexity index is 1610. The fourth-order valence-electron chi connectivity index (χ4n) is 4.14. The lowest BCUT2D eigenvalue weighted by Crippen LogP contribution is -2.44. The number of H-pyrrole nitrogens is 1. The van der Waals surface area contributed by atoms with Gasteiger partial charge in [0.2, 0.25) is 5.95 Å². The second kappa shape index (κ2) is 10.6. The number of aliphatic carboxylic acids is 1. The maximum atomic E-state index is 14.4. The molecule has 2 amide bonds. The molecule has 0 spiro atoms. The normalized spacial score (nSPS) is 16.2. The number of carboxylic acids is 1. The van der Waals surface area contributed by atoms with E-state index in [0.717, 1.165) is 0 Å². The average molecular weight is 560 g/mol. The number of carbonyl (C=O) groups is 3. The van der Waals surface area contributed by atoms with Crippen molar-refractivity contribution in [3.05, 3.63) is 94.8 Å². The molecule has 1 aliphatic rings. The molecule has 1 aromatic heterocycles. The van der Waals surface area contributed by atoms with Gasteiger partial charge in [-0.05, 0) is 24.3 Å². The largest absolute Gasteiger partial charge is 0.490 e. The first kappa shape index (κ1) is 28.0. The lowest BCUT2D eigenvalue weighted by molar-refractivity contribution is -0.192. The number of aromatic amines is 1. The van der Waals surface area contributed by atoms with Crippen LogP contribution in [0, 0.1) is 5.82 Å². The molecule has 40 heavy (non-hydrogen) atoms. The smallest absolute Gasteiger partial charge is 0.475 e. The first-order chi connectivity index (χ1) is 18.9. The highest BCUT2D eigenvalue weighted by molar-refractivity contribution is 6.00. The second-order valence-electron chi connectivity index (χ2n) is 8.44. The third-order valence-corrected chi connectivity index (χ3v) is 5.99. The number of benzene rings is 3. The van der Waals surface area contributed by atoms with Crippen molar-refractivity contribution in [1.29, 1.82) is 0 Å². The van der Waals surface area contributed by atoms with Crippen molar-refractivity contribution in [3.63, 3.8) is 0 Å². The molecule has 3 aromatic carbocycles. The fourth-order valence-corrected chi connectivity index (χ4v) is 4.14. The summed E-state index contributed by atoms with van der Waals surface area (Å²) in [5.74, 6) is -3.46. The molecule has 4 aromatic rings. The quantitative estimate of drug-likeness (QED) is 0.272. The second-order valence-corrected chi connectivity index (χ2v) is 8.44. The summed E-state index contributed by atoms with van der Waals surface area (Å²) >= 11 is 0. The molecule has 0 saturated carbocycles. The number of carboxylic acid groups (broad SMARTS) is 1. The van der Waals surface area contributed by atoms with Crippen molar-refractivity contribution >= 4 is 35.0 Å². The van der Waals surface area contributed by atoms with Gasteiger partial charge in [-0.2, -0.15) is 13.2 Å². The van der Waals surface area contributed by atoms with Gasteiger partial charge in [0.05, 0.1) is 24.7 Å². The predicted molar refractivity (Wildman–Crippen MR) is 132 cm³/mol. The highest BCUT2D eigenvalue weighted by atomic mass is 19.4. The van der Waals surface area contributed by atoms with Crippen LogP contribution >= 0.6 is 0 Å². The van der Waals surface area contributed by atoms with E-state index in [2.05, 4.69) is 20.0 Å². The molecule has 0 fully saturated rings. The van der Waals surface area contributed by atoms with Crippen LogP contribution in [0.25, 0.3) is 11.0 Å². The number of aromatic nitrogens is 2. The highest BCUT2D eigenvalue weighted by Gasteiger charge is 2.50. The number of imidazole rings is 1.